The van der Waals surface area contributed by atoms with E-state index >= 15 is 0 Å². The van der Waals surface area contributed by atoms with Gasteiger partial charge in [0.05, 0.1) is 22.8 Å². The topological polar surface area (TPSA) is 83.8 Å². The summed E-state index contributed by atoms with van der Waals surface area (Å²) >= 11 is 0. The van der Waals surface area contributed by atoms with Gasteiger partial charge < -0.3 is 14.8 Å². The Morgan fingerprint density at radius 2 is 1.88 bits per heavy atom. The lowest BCUT2D eigenvalue weighted by molar-refractivity contribution is -0.144. The summed E-state index contributed by atoms with van der Waals surface area (Å²) in [6.07, 6.45) is -3.87. The zero-order valence-corrected chi connectivity index (χ0v) is 17.5. The molecule has 0 aliphatic heterocycles. The van der Waals surface area contributed by atoms with Crippen LogP contribution in [0.2, 0.25) is 0 Å². The Kier molecular flexibility index (Phi) is 5.73. The fraction of sp³-hybridized carbons (Fsp3) is 0.261. The van der Waals surface area contributed by atoms with Crippen molar-refractivity contribution in [2.45, 2.75) is 38.9 Å². The van der Waals surface area contributed by atoms with Gasteiger partial charge >= 0.3 is 6.18 Å². The molecule has 0 fully saturated rings. The number of nitrogens with one attached hydrogen (secondary N) is 2. The number of aromatic amines is 1. The number of carbonyl (C=O) groups is 1. The van der Waals surface area contributed by atoms with Gasteiger partial charge in [0.25, 0.3) is 0 Å². The predicted molar refractivity (Wildman–Crippen MR) is 112 cm³/mol. The summed E-state index contributed by atoms with van der Waals surface area (Å²) in [7, 11) is 0. The Morgan fingerprint density at radius 3 is 2.53 bits per heavy atom. The zero-order chi connectivity index (χ0) is 22.9. The van der Waals surface area contributed by atoms with Crippen molar-refractivity contribution in [3.05, 3.63) is 82.5 Å². The molecule has 6 nitrogen and oxygen atoms in total. The molecule has 1 atom stereocenters. The fourth-order valence-corrected chi connectivity index (χ4v) is 3.68. The third-order valence-corrected chi connectivity index (χ3v) is 5.33. The van der Waals surface area contributed by atoms with Gasteiger partial charge in [-0.2, -0.15) is 13.2 Å². The molecule has 9 heteroatoms. The number of alkyl halides is 3. The monoisotopic (exact) mass is 442 g/mol. The molecule has 0 aliphatic rings. The summed E-state index contributed by atoms with van der Waals surface area (Å²) < 4.78 is 44.2. The second-order valence-electron chi connectivity index (χ2n) is 7.57. The SMILES string of the molecule is Cc1noc(C)c1CCC(=O)NC(c1ccccc1)c1ccc2nc(C(F)(F)F)[nH]c2c1. The average molecular weight is 442 g/mol. The minimum atomic E-state index is -4.57. The first kappa shape index (κ1) is 21.6. The lowest BCUT2D eigenvalue weighted by atomic mass is 9.97. The molecule has 0 radical (unpaired) electrons. The molecule has 166 valence electrons. The van der Waals surface area contributed by atoms with Crippen LogP contribution in [0.5, 0.6) is 0 Å². The number of fused-ring (bicyclic) bond motifs is 1. The fourth-order valence-electron chi connectivity index (χ4n) is 3.68. The van der Waals surface area contributed by atoms with Crippen LogP contribution in [0.1, 0.15) is 46.4 Å². The maximum absolute atomic E-state index is 13.0. The van der Waals surface area contributed by atoms with Crippen molar-refractivity contribution >= 4 is 16.9 Å². The molecule has 0 aliphatic carbocycles. The molecular weight excluding hydrogens is 421 g/mol. The van der Waals surface area contributed by atoms with E-state index < -0.39 is 18.0 Å². The van der Waals surface area contributed by atoms with E-state index in [9.17, 15) is 18.0 Å². The van der Waals surface area contributed by atoms with Gasteiger partial charge in [-0.15, -0.1) is 0 Å². The lowest BCUT2D eigenvalue weighted by Crippen LogP contribution is -2.29. The number of aryl methyl sites for hydroxylation is 2. The van der Waals surface area contributed by atoms with E-state index in [-0.39, 0.29) is 23.4 Å². The number of carbonyl (C=O) groups excluding carboxylic acids is 1. The maximum atomic E-state index is 13.0. The van der Waals surface area contributed by atoms with Gasteiger partial charge in [-0.1, -0.05) is 41.6 Å². The zero-order valence-electron chi connectivity index (χ0n) is 17.5. The van der Waals surface area contributed by atoms with E-state index in [1.165, 1.54) is 6.07 Å². The summed E-state index contributed by atoms with van der Waals surface area (Å²) in [5.41, 5.74) is 3.56. The molecule has 4 rings (SSSR count). The summed E-state index contributed by atoms with van der Waals surface area (Å²) in [6.45, 7) is 3.63. The molecule has 4 aromatic rings. The summed E-state index contributed by atoms with van der Waals surface area (Å²) in [5, 5.41) is 6.91. The standard InChI is InChI=1S/C23H21F3N4O2/c1-13-17(14(2)32-30-13)9-11-20(31)29-21(15-6-4-3-5-7-15)16-8-10-18-19(12-16)28-22(27-18)23(24,25)26/h3-8,10,12,21H,9,11H2,1-2H3,(H,27,28)(H,29,31). The molecule has 0 saturated heterocycles. The van der Waals surface area contributed by atoms with E-state index in [0.717, 1.165) is 16.8 Å². The van der Waals surface area contributed by atoms with E-state index in [4.69, 9.17) is 4.52 Å². The van der Waals surface area contributed by atoms with Crippen LogP contribution in [0.3, 0.4) is 0 Å². The van der Waals surface area contributed by atoms with Crippen molar-refractivity contribution in [1.82, 2.24) is 20.4 Å². The minimum absolute atomic E-state index is 0.195. The molecule has 2 N–H and O–H groups in total. The molecule has 2 aromatic heterocycles. The third kappa shape index (κ3) is 4.51. The second-order valence-corrected chi connectivity index (χ2v) is 7.57. The highest BCUT2D eigenvalue weighted by atomic mass is 19.4. The van der Waals surface area contributed by atoms with Gasteiger partial charge in [-0.25, -0.2) is 4.98 Å². The molecule has 2 heterocycles. The number of hydrogen-bond donors (Lipinski definition) is 2. The number of hydrogen-bond acceptors (Lipinski definition) is 4. The molecule has 2 aromatic carbocycles. The van der Waals surface area contributed by atoms with Gasteiger partial charge in [-0.05, 0) is 43.5 Å². The number of imidazole rings is 1. The maximum Gasteiger partial charge on any atom is 0.449 e. The first-order valence-corrected chi connectivity index (χ1v) is 10.1. The number of halogens is 3. The molecule has 1 amide bonds. The van der Waals surface area contributed by atoms with Crippen LogP contribution in [0.4, 0.5) is 13.2 Å². The van der Waals surface area contributed by atoms with Crippen LogP contribution in [0.15, 0.2) is 53.1 Å². The molecule has 32 heavy (non-hydrogen) atoms. The highest BCUT2D eigenvalue weighted by Gasteiger charge is 2.34. The van der Waals surface area contributed by atoms with Crippen LogP contribution in [-0.4, -0.2) is 21.0 Å². The van der Waals surface area contributed by atoms with Crippen LogP contribution >= 0.6 is 0 Å². The van der Waals surface area contributed by atoms with E-state index in [1.54, 1.807) is 19.1 Å². The highest BCUT2D eigenvalue weighted by molar-refractivity contribution is 5.79. The summed E-state index contributed by atoms with van der Waals surface area (Å²) in [4.78, 5) is 18.7. The molecule has 0 bridgehead atoms. The van der Waals surface area contributed by atoms with E-state index in [0.29, 0.717) is 17.7 Å². The van der Waals surface area contributed by atoms with Gasteiger partial charge in [-0.3, -0.25) is 4.79 Å². The van der Waals surface area contributed by atoms with Crippen molar-refractivity contribution in [2.75, 3.05) is 0 Å². The normalized spacial score (nSPS) is 12.8. The van der Waals surface area contributed by atoms with Crippen LogP contribution < -0.4 is 5.32 Å². The van der Waals surface area contributed by atoms with Crippen molar-refractivity contribution in [3.8, 4) is 0 Å². The molecule has 0 saturated carbocycles. The second kappa shape index (κ2) is 8.49. The number of amides is 1. The largest absolute Gasteiger partial charge is 0.449 e. The van der Waals surface area contributed by atoms with Gasteiger partial charge in [0.2, 0.25) is 11.7 Å². The number of rotatable bonds is 6. The Hall–Kier alpha value is -3.62. The Balaban J connectivity index is 1.60. The quantitative estimate of drug-likeness (QED) is 0.439. The van der Waals surface area contributed by atoms with Crippen LogP contribution in [-0.2, 0) is 17.4 Å². The highest BCUT2D eigenvalue weighted by Crippen LogP contribution is 2.30. The number of nitrogens with zero attached hydrogens (tertiary/aromatic N) is 2. The third-order valence-electron chi connectivity index (χ3n) is 5.33. The Morgan fingerprint density at radius 1 is 1.12 bits per heavy atom. The lowest BCUT2D eigenvalue weighted by Gasteiger charge is -2.20. The Bertz CT molecular complexity index is 1230. The molecule has 0 spiro atoms. The van der Waals surface area contributed by atoms with Gasteiger partial charge in [0, 0.05) is 12.0 Å². The van der Waals surface area contributed by atoms with Crippen LogP contribution in [0.25, 0.3) is 11.0 Å². The van der Waals surface area contributed by atoms with Crippen molar-refractivity contribution in [1.29, 1.82) is 0 Å². The molecular formula is C23H21F3N4O2. The average Bonchev–Trinajstić information content (AvgIpc) is 3.34. The van der Waals surface area contributed by atoms with Crippen LogP contribution in [0, 0.1) is 13.8 Å². The number of benzene rings is 2. The summed E-state index contributed by atoms with van der Waals surface area (Å²) in [5.74, 6) is -0.566. The first-order valence-electron chi connectivity index (χ1n) is 10.1. The van der Waals surface area contributed by atoms with Crippen molar-refractivity contribution in [3.63, 3.8) is 0 Å². The smallest absolute Gasteiger partial charge is 0.361 e. The van der Waals surface area contributed by atoms with Gasteiger partial charge in [0.1, 0.15) is 5.76 Å². The van der Waals surface area contributed by atoms with E-state index in [2.05, 4.69) is 20.4 Å². The summed E-state index contributed by atoms with van der Waals surface area (Å²) in [6, 6.07) is 13.5. The van der Waals surface area contributed by atoms with Gasteiger partial charge in [0.15, 0.2) is 0 Å². The minimum Gasteiger partial charge on any atom is -0.361 e. The molecule has 1 unspecified atom stereocenters. The predicted octanol–water partition coefficient (Wildman–Crippen LogP) is 5.02. The Labute approximate surface area is 181 Å². The number of H-pyrrole nitrogens is 1. The first-order chi connectivity index (χ1) is 15.2. The van der Waals surface area contributed by atoms with Crippen molar-refractivity contribution in [2.24, 2.45) is 0 Å². The van der Waals surface area contributed by atoms with E-state index in [1.807, 2.05) is 37.3 Å². The number of aromatic nitrogens is 3. The van der Waals surface area contributed by atoms with Crippen molar-refractivity contribution < 1.29 is 22.5 Å².